The zero-order chi connectivity index (χ0) is 24.5. The van der Waals surface area contributed by atoms with E-state index in [4.69, 9.17) is 19.9 Å². The Morgan fingerprint density at radius 2 is 0.941 bits per heavy atom. The molecule has 10 nitrogen and oxygen atoms in total. The molecule has 2 atom stereocenters. The van der Waals surface area contributed by atoms with Gasteiger partial charge in [0.15, 0.2) is 11.4 Å². The minimum atomic E-state index is -1.06. The number of quaternary nitrogens is 2. The summed E-state index contributed by atoms with van der Waals surface area (Å²) in [5, 5.41) is 37.4. The Kier molecular flexibility index (Phi) is 8.82. The molecule has 4 N–H and O–H groups in total. The Hall–Kier alpha value is -3.64. The molecule has 0 aliphatic heterocycles. The molecule has 2 unspecified atom stereocenters. The van der Waals surface area contributed by atoms with Crippen LogP contribution in [0.2, 0.25) is 0 Å². The van der Waals surface area contributed by atoms with E-state index in [1.807, 2.05) is 24.3 Å². The normalized spacial score (nSPS) is 12.6. The average Bonchev–Trinajstić information content (AvgIpc) is 2.85. The van der Waals surface area contributed by atoms with Crippen LogP contribution in [0.1, 0.15) is 31.8 Å². The molecule has 0 aromatic heterocycles. The number of hydrogen-bond acceptors (Lipinski definition) is 8. The number of hydrogen-bond donors (Lipinski definition) is 4. The van der Waals surface area contributed by atoms with E-state index in [9.17, 15) is 20.0 Å². The van der Waals surface area contributed by atoms with Crippen LogP contribution < -0.4 is 10.5 Å². The Balaban J connectivity index is 1.39. The maximum absolute atomic E-state index is 12.1. The van der Waals surface area contributed by atoms with Crippen molar-refractivity contribution >= 4 is 23.3 Å². The van der Waals surface area contributed by atoms with Gasteiger partial charge in [0.2, 0.25) is 0 Å². The fourth-order valence-corrected chi connectivity index (χ4v) is 3.06. The van der Waals surface area contributed by atoms with Gasteiger partial charge < -0.3 is 19.9 Å². The van der Waals surface area contributed by atoms with Crippen LogP contribution in [0.25, 0.3) is 0 Å². The molecule has 34 heavy (non-hydrogen) atoms. The molecule has 10 heteroatoms. The molecular weight excluding hydrogens is 444 g/mol. The van der Waals surface area contributed by atoms with Gasteiger partial charge in [-0.05, 0) is 35.4 Å². The average molecular weight is 468 g/mol. The van der Waals surface area contributed by atoms with Crippen molar-refractivity contribution in [1.82, 2.24) is 0 Å². The van der Waals surface area contributed by atoms with Gasteiger partial charge in [0.05, 0.1) is 24.3 Å². The van der Waals surface area contributed by atoms with Gasteiger partial charge >= 0.3 is 11.9 Å². The van der Waals surface area contributed by atoms with Crippen LogP contribution in [-0.2, 0) is 22.3 Å². The summed E-state index contributed by atoms with van der Waals surface area (Å²) >= 11 is 0. The lowest BCUT2D eigenvalue weighted by molar-refractivity contribution is -0.991. The van der Waals surface area contributed by atoms with Crippen molar-refractivity contribution < 1.29 is 39.9 Å². The first-order valence-corrected chi connectivity index (χ1v) is 10.4. The topological polar surface area (TPSA) is 148 Å². The molecule has 0 aliphatic rings. The van der Waals surface area contributed by atoms with Crippen LogP contribution in [0.4, 0.5) is 11.4 Å². The van der Waals surface area contributed by atoms with E-state index in [0.29, 0.717) is 12.8 Å². The molecule has 178 valence electrons. The molecule has 0 heterocycles. The smallest absolute Gasteiger partial charge is 0.338 e. The first-order chi connectivity index (χ1) is 16.3. The van der Waals surface area contributed by atoms with Gasteiger partial charge in [-0.1, -0.05) is 24.3 Å². The molecule has 3 aromatic rings. The molecule has 0 saturated carbocycles. The van der Waals surface area contributed by atoms with E-state index in [1.165, 1.54) is 48.5 Å². The van der Waals surface area contributed by atoms with Gasteiger partial charge in [-0.2, -0.15) is 10.5 Å². The lowest BCUT2D eigenvalue weighted by atomic mass is 10.1. The van der Waals surface area contributed by atoms with E-state index in [1.54, 1.807) is 0 Å². The summed E-state index contributed by atoms with van der Waals surface area (Å²) in [5.74, 6) is -1.04. The van der Waals surface area contributed by atoms with Crippen molar-refractivity contribution in [1.29, 1.82) is 0 Å². The molecule has 0 bridgehead atoms. The SMILES string of the molecule is O=C(OCCc1ccc(CCOC(=O)c2ccc([NH+]([O-])O)cc2)cc1)c1ccc([NH+]([O-])O)cc1. The summed E-state index contributed by atoms with van der Waals surface area (Å²) in [6.45, 7) is 0.355. The van der Waals surface area contributed by atoms with Gasteiger partial charge in [-0.25, -0.2) is 20.0 Å². The predicted molar refractivity (Wildman–Crippen MR) is 119 cm³/mol. The molecule has 0 saturated heterocycles. The van der Waals surface area contributed by atoms with Crippen LogP contribution in [-0.4, -0.2) is 35.6 Å². The maximum Gasteiger partial charge on any atom is 0.338 e. The Morgan fingerprint density at radius 1 is 0.618 bits per heavy atom. The third-order valence-electron chi connectivity index (χ3n) is 5.01. The van der Waals surface area contributed by atoms with Crippen molar-refractivity contribution in [3.63, 3.8) is 0 Å². The summed E-state index contributed by atoms with van der Waals surface area (Å²) in [7, 11) is 0. The summed E-state index contributed by atoms with van der Waals surface area (Å²) in [6, 6.07) is 18.7. The van der Waals surface area contributed by atoms with E-state index in [-0.39, 0.29) is 35.7 Å². The first kappa shape index (κ1) is 25.0. The van der Waals surface area contributed by atoms with Crippen molar-refractivity contribution in [2.75, 3.05) is 13.2 Å². The standard InChI is InChI=1S/C24H24N2O8/c27-23(19-5-9-21(10-6-19)25(29)30)33-15-13-17-1-2-18(4-3-17)14-16-34-24(28)20-7-11-22(12-8-20)26(31)32/h1-12,25-26,29,31H,13-16H2. The van der Waals surface area contributed by atoms with E-state index >= 15 is 0 Å². The second kappa shape index (κ2) is 12.0. The minimum Gasteiger partial charge on any atom is -0.595 e. The summed E-state index contributed by atoms with van der Waals surface area (Å²) in [5.41, 5.74) is 2.70. The van der Waals surface area contributed by atoms with Gasteiger partial charge in [0, 0.05) is 37.1 Å². The third-order valence-corrected chi connectivity index (χ3v) is 5.01. The Morgan fingerprint density at radius 3 is 1.24 bits per heavy atom. The van der Waals surface area contributed by atoms with Crippen LogP contribution in [0, 0.1) is 10.4 Å². The zero-order valence-electron chi connectivity index (χ0n) is 18.1. The van der Waals surface area contributed by atoms with Gasteiger partial charge in [-0.3, -0.25) is 0 Å². The third kappa shape index (κ3) is 7.18. The fraction of sp³-hybridized carbons (Fsp3) is 0.167. The van der Waals surface area contributed by atoms with Crippen LogP contribution in [0.3, 0.4) is 0 Å². The highest BCUT2D eigenvalue weighted by molar-refractivity contribution is 5.90. The van der Waals surface area contributed by atoms with Crippen molar-refractivity contribution in [2.24, 2.45) is 0 Å². The van der Waals surface area contributed by atoms with Crippen molar-refractivity contribution in [3.05, 3.63) is 105 Å². The van der Waals surface area contributed by atoms with E-state index in [2.05, 4.69) is 0 Å². The van der Waals surface area contributed by atoms with Gasteiger partial charge in [0.25, 0.3) is 0 Å². The van der Waals surface area contributed by atoms with Crippen LogP contribution >= 0.6 is 0 Å². The molecule has 0 spiro atoms. The van der Waals surface area contributed by atoms with Gasteiger partial charge in [-0.15, -0.1) is 0 Å². The molecule has 3 rings (SSSR count). The largest absolute Gasteiger partial charge is 0.595 e. The van der Waals surface area contributed by atoms with Crippen LogP contribution in [0.5, 0.6) is 0 Å². The van der Waals surface area contributed by atoms with Crippen LogP contribution in [0.15, 0.2) is 72.8 Å². The lowest BCUT2D eigenvalue weighted by Crippen LogP contribution is -2.99. The monoisotopic (exact) mass is 468 g/mol. The number of ether oxygens (including phenoxy) is 2. The first-order valence-electron chi connectivity index (χ1n) is 10.4. The second-order valence-electron chi connectivity index (χ2n) is 7.35. The quantitative estimate of drug-likeness (QED) is 0.257. The predicted octanol–water partition coefficient (Wildman–Crippen LogP) is 1.29. The number of rotatable bonds is 10. The van der Waals surface area contributed by atoms with Crippen molar-refractivity contribution in [3.8, 4) is 0 Å². The van der Waals surface area contributed by atoms with E-state index in [0.717, 1.165) is 11.1 Å². The number of carbonyl (C=O) groups is 2. The van der Waals surface area contributed by atoms with E-state index < -0.39 is 22.4 Å². The Bertz CT molecular complexity index is 993. The highest BCUT2D eigenvalue weighted by Gasteiger charge is 2.10. The Labute approximate surface area is 195 Å². The molecule has 0 aliphatic carbocycles. The molecule has 0 fully saturated rings. The highest BCUT2D eigenvalue weighted by atomic mass is 16.8. The molecule has 3 aromatic carbocycles. The maximum atomic E-state index is 12.1. The molecule has 0 amide bonds. The summed E-state index contributed by atoms with van der Waals surface area (Å²) in [6.07, 6.45) is 1.03. The number of benzene rings is 3. The molecule has 0 radical (unpaired) electrons. The summed E-state index contributed by atoms with van der Waals surface area (Å²) < 4.78 is 10.5. The highest BCUT2D eigenvalue weighted by Crippen LogP contribution is 2.11. The number of esters is 2. The number of carbonyl (C=O) groups excluding carboxylic acids is 2. The minimum absolute atomic E-state index is 0.0980. The van der Waals surface area contributed by atoms with Gasteiger partial charge in [0.1, 0.15) is 0 Å². The van der Waals surface area contributed by atoms with Crippen molar-refractivity contribution in [2.45, 2.75) is 12.8 Å². The molecular formula is C24H24N2O8. The number of nitrogens with one attached hydrogen (secondary N) is 2. The summed E-state index contributed by atoms with van der Waals surface area (Å²) in [4.78, 5) is 24.1. The second-order valence-corrected chi connectivity index (χ2v) is 7.35. The fourth-order valence-electron chi connectivity index (χ4n) is 3.06. The lowest BCUT2D eigenvalue weighted by Gasteiger charge is -2.11. The zero-order valence-corrected chi connectivity index (χ0v) is 18.1.